The molecule has 0 aromatic carbocycles. The molecule has 2 nitrogen and oxygen atoms in total. The normalized spacial score (nSPS) is 22.3. The van der Waals surface area contributed by atoms with Crippen molar-refractivity contribution in [2.24, 2.45) is 5.73 Å². The van der Waals surface area contributed by atoms with Crippen molar-refractivity contribution in [3.63, 3.8) is 0 Å². The van der Waals surface area contributed by atoms with Crippen molar-refractivity contribution in [3.8, 4) is 0 Å². The van der Waals surface area contributed by atoms with E-state index in [2.05, 4.69) is 4.90 Å². The van der Waals surface area contributed by atoms with Gasteiger partial charge in [0, 0.05) is 19.4 Å². The van der Waals surface area contributed by atoms with E-state index in [1.807, 2.05) is 0 Å². The van der Waals surface area contributed by atoms with Crippen LogP contribution in [0.1, 0.15) is 19.3 Å². The van der Waals surface area contributed by atoms with Gasteiger partial charge in [-0.3, -0.25) is 0 Å². The summed E-state index contributed by atoms with van der Waals surface area (Å²) in [6.07, 6.45) is 4.17. The quantitative estimate of drug-likeness (QED) is 0.532. The summed E-state index contributed by atoms with van der Waals surface area (Å²) in [6.45, 7) is 4.47. The van der Waals surface area contributed by atoms with Gasteiger partial charge in [-0.2, -0.15) is 4.90 Å². The zero-order valence-corrected chi connectivity index (χ0v) is 5.97. The summed E-state index contributed by atoms with van der Waals surface area (Å²) in [5.74, 6) is 0. The molecule has 0 saturated carbocycles. The molecule has 0 aliphatic carbocycles. The summed E-state index contributed by atoms with van der Waals surface area (Å²) in [5, 5.41) is 0. The summed E-state index contributed by atoms with van der Waals surface area (Å²) >= 11 is 0. The number of hydrogen-bond acceptors (Lipinski definition) is 2. The summed E-state index contributed by atoms with van der Waals surface area (Å²) in [4.78, 5) is 2.45. The Morgan fingerprint density at radius 3 is 2.33 bits per heavy atom. The second kappa shape index (κ2) is 3.85. The molecule has 2 N–H and O–H groups in total. The van der Waals surface area contributed by atoms with Crippen LogP contribution in [-0.4, -0.2) is 26.2 Å². The van der Waals surface area contributed by atoms with Gasteiger partial charge < -0.3 is 5.73 Å². The first kappa shape index (κ1) is 7.03. The number of nitrogens with two attached hydrogens (primary N) is 1. The van der Waals surface area contributed by atoms with Crippen LogP contribution in [-0.2, 0) is 0 Å². The summed E-state index contributed by atoms with van der Waals surface area (Å²) in [7, 11) is 0. The van der Waals surface area contributed by atoms with Crippen LogP contribution in [0.5, 0.6) is 0 Å². The molecule has 1 aliphatic heterocycles. The van der Waals surface area contributed by atoms with E-state index in [9.17, 15) is 0 Å². The van der Waals surface area contributed by atoms with Gasteiger partial charge in [0.2, 0.25) is 0 Å². The molecule has 1 fully saturated rings. The van der Waals surface area contributed by atoms with Gasteiger partial charge in [-0.15, -0.1) is 0 Å². The molecule has 1 heterocycles. The first-order valence-electron chi connectivity index (χ1n) is 3.86. The SMILES string of the molecule is NCC[N+]1CCCCC1. The highest BCUT2D eigenvalue weighted by Crippen LogP contribution is 2.04. The fourth-order valence-corrected chi connectivity index (χ4v) is 1.37. The first-order valence-corrected chi connectivity index (χ1v) is 3.86. The standard InChI is InChI=1S/C7H16N2/c8-4-7-9-5-2-1-3-6-9/h1-8H2/q+1. The Labute approximate surface area is 57.0 Å². The molecule has 0 amide bonds. The lowest BCUT2D eigenvalue weighted by Crippen LogP contribution is -2.39. The minimum atomic E-state index is 0.819. The minimum Gasteiger partial charge on any atom is -0.325 e. The van der Waals surface area contributed by atoms with Crippen LogP contribution in [0, 0.1) is 0 Å². The maximum absolute atomic E-state index is 5.42. The fourth-order valence-electron chi connectivity index (χ4n) is 1.37. The lowest BCUT2D eigenvalue weighted by atomic mass is 10.1. The van der Waals surface area contributed by atoms with Crippen molar-refractivity contribution in [2.45, 2.75) is 19.3 Å². The number of piperidine rings is 1. The van der Waals surface area contributed by atoms with Crippen LogP contribution < -0.4 is 10.6 Å². The molecule has 2 heteroatoms. The molecule has 53 valence electrons. The maximum Gasteiger partial charge on any atom is 0.135 e. The molecule has 0 bridgehead atoms. The zero-order valence-electron chi connectivity index (χ0n) is 5.97. The van der Waals surface area contributed by atoms with Crippen molar-refractivity contribution in [3.05, 3.63) is 0 Å². The smallest absolute Gasteiger partial charge is 0.135 e. The lowest BCUT2D eigenvalue weighted by molar-refractivity contribution is 0.347. The fraction of sp³-hybridized carbons (Fsp3) is 1.00. The predicted molar refractivity (Wildman–Crippen MR) is 39.6 cm³/mol. The average molecular weight is 128 g/mol. The van der Waals surface area contributed by atoms with Crippen LogP contribution in [0.15, 0.2) is 0 Å². The van der Waals surface area contributed by atoms with E-state index in [4.69, 9.17) is 5.73 Å². The Balaban J connectivity index is 2.08. The number of rotatable bonds is 2. The third kappa shape index (κ3) is 2.33. The van der Waals surface area contributed by atoms with Gasteiger partial charge in [-0.05, 0) is 6.42 Å². The lowest BCUT2D eigenvalue weighted by Gasteiger charge is -2.15. The van der Waals surface area contributed by atoms with Crippen molar-refractivity contribution in [1.29, 1.82) is 0 Å². The highest BCUT2D eigenvalue weighted by atomic mass is 15.1. The minimum absolute atomic E-state index is 0.819. The summed E-state index contributed by atoms with van der Waals surface area (Å²) < 4.78 is 0. The van der Waals surface area contributed by atoms with Crippen molar-refractivity contribution < 1.29 is 0 Å². The van der Waals surface area contributed by atoms with E-state index in [-0.39, 0.29) is 0 Å². The summed E-state index contributed by atoms with van der Waals surface area (Å²) in [6, 6.07) is 0. The van der Waals surface area contributed by atoms with Crippen LogP contribution in [0.3, 0.4) is 0 Å². The van der Waals surface area contributed by atoms with Gasteiger partial charge >= 0.3 is 0 Å². The maximum atomic E-state index is 5.42. The van der Waals surface area contributed by atoms with Gasteiger partial charge in [-0.25, -0.2) is 0 Å². The molecule has 9 heavy (non-hydrogen) atoms. The molecule has 0 aromatic heterocycles. The Bertz CT molecular complexity index is 64.6. The second-order valence-corrected chi connectivity index (χ2v) is 2.69. The first-order chi connectivity index (χ1) is 4.43. The Morgan fingerprint density at radius 2 is 1.78 bits per heavy atom. The largest absolute Gasteiger partial charge is 0.325 e. The van der Waals surface area contributed by atoms with Crippen molar-refractivity contribution in [2.75, 3.05) is 26.2 Å². The number of likely N-dealkylation sites (tertiary alicyclic amines) is 1. The van der Waals surface area contributed by atoms with Crippen LogP contribution in [0.4, 0.5) is 0 Å². The van der Waals surface area contributed by atoms with E-state index in [0.717, 1.165) is 13.1 Å². The van der Waals surface area contributed by atoms with Crippen molar-refractivity contribution >= 4 is 0 Å². The van der Waals surface area contributed by atoms with Gasteiger partial charge in [0.1, 0.15) is 19.6 Å². The number of hydrogen-bond donors (Lipinski definition) is 1. The summed E-state index contributed by atoms with van der Waals surface area (Å²) in [5.41, 5.74) is 5.42. The molecular formula is C7H16N2+. The molecular weight excluding hydrogens is 112 g/mol. The average Bonchev–Trinajstić information content (AvgIpc) is 1.91. The highest BCUT2D eigenvalue weighted by Gasteiger charge is 2.16. The Kier molecular flexibility index (Phi) is 3.01. The third-order valence-corrected chi connectivity index (χ3v) is 1.89. The monoisotopic (exact) mass is 128 g/mol. The van der Waals surface area contributed by atoms with E-state index in [1.54, 1.807) is 0 Å². The molecule has 1 radical (unpaired) electrons. The van der Waals surface area contributed by atoms with Crippen LogP contribution in [0.2, 0.25) is 0 Å². The number of nitrogens with zero attached hydrogens (tertiary/aromatic N) is 1. The zero-order chi connectivity index (χ0) is 6.53. The molecule has 1 aliphatic rings. The van der Waals surface area contributed by atoms with Gasteiger partial charge in [0.25, 0.3) is 0 Å². The van der Waals surface area contributed by atoms with E-state index in [1.165, 1.54) is 32.4 Å². The molecule has 0 unspecified atom stereocenters. The van der Waals surface area contributed by atoms with E-state index < -0.39 is 0 Å². The third-order valence-electron chi connectivity index (χ3n) is 1.89. The van der Waals surface area contributed by atoms with Gasteiger partial charge in [0.15, 0.2) is 0 Å². The van der Waals surface area contributed by atoms with Gasteiger partial charge in [0.05, 0.1) is 0 Å². The molecule has 1 saturated heterocycles. The molecule has 0 spiro atoms. The molecule has 1 rings (SSSR count). The highest BCUT2D eigenvalue weighted by molar-refractivity contribution is 4.69. The van der Waals surface area contributed by atoms with Crippen LogP contribution >= 0.6 is 0 Å². The second-order valence-electron chi connectivity index (χ2n) is 2.69. The molecule has 0 atom stereocenters. The van der Waals surface area contributed by atoms with Crippen LogP contribution in [0.25, 0.3) is 0 Å². The molecule has 0 aromatic rings. The van der Waals surface area contributed by atoms with E-state index >= 15 is 0 Å². The Morgan fingerprint density at radius 1 is 1.11 bits per heavy atom. The van der Waals surface area contributed by atoms with Crippen molar-refractivity contribution in [1.82, 2.24) is 4.90 Å². The predicted octanol–water partition coefficient (Wildman–Crippen LogP) is 0.269. The van der Waals surface area contributed by atoms with E-state index in [0.29, 0.717) is 0 Å². The van der Waals surface area contributed by atoms with Gasteiger partial charge in [-0.1, -0.05) is 0 Å². The topological polar surface area (TPSA) is 31.9 Å². The Hall–Kier alpha value is -0.0800.